The van der Waals surface area contributed by atoms with Crippen molar-refractivity contribution in [2.45, 2.75) is 175 Å². The summed E-state index contributed by atoms with van der Waals surface area (Å²) in [5, 5.41) is 21.2. The number of amides is 3. The first kappa shape index (κ1) is 72.1. The average molecular weight is 1170 g/mol. The Morgan fingerprint density at radius 2 is 0.887 bits per heavy atom. The first-order valence-electron chi connectivity index (χ1n) is 26.9. The number of hydrogen-bond acceptors (Lipinski definition) is 16. The van der Waals surface area contributed by atoms with E-state index in [9.17, 15) is 33.6 Å². The molecule has 3 amide bonds. The molecule has 0 saturated carbocycles. The Morgan fingerprint density at radius 1 is 0.525 bits per heavy atom. The number of carboxylic acids is 2. The number of ether oxygens (including phenoxy) is 8. The average Bonchev–Trinajstić information content (AvgIpc) is 3.41. The lowest BCUT2D eigenvalue weighted by atomic mass is 10.0. The van der Waals surface area contributed by atoms with Crippen LogP contribution in [0, 0.1) is 0 Å². The molecule has 80 heavy (non-hydrogen) atoms. The van der Waals surface area contributed by atoms with Crippen molar-refractivity contribution in [3.63, 3.8) is 0 Å². The number of benzene rings is 2. The normalized spacial score (nSPS) is 18.6. The molecule has 4 saturated heterocycles. The first-order valence-corrected chi connectivity index (χ1v) is 28.0. The van der Waals surface area contributed by atoms with Gasteiger partial charge >= 0.3 is 24.1 Å². The number of carbonyl (C=O) groups is 7. The van der Waals surface area contributed by atoms with Crippen molar-refractivity contribution in [1.29, 1.82) is 0 Å². The predicted molar refractivity (Wildman–Crippen MR) is 306 cm³/mol. The molecule has 21 nitrogen and oxygen atoms in total. The highest BCUT2D eigenvalue weighted by Gasteiger charge is 2.35. The minimum atomic E-state index is -1.54. The molecule has 0 bridgehead atoms. The van der Waals surface area contributed by atoms with E-state index in [4.69, 9.17) is 71.3 Å². The van der Waals surface area contributed by atoms with Crippen LogP contribution in [-0.4, -0.2) is 176 Å². The van der Waals surface area contributed by atoms with Crippen molar-refractivity contribution in [3.8, 4) is 34.5 Å². The van der Waals surface area contributed by atoms with Gasteiger partial charge in [0.25, 0.3) is 17.5 Å². The summed E-state index contributed by atoms with van der Waals surface area (Å²) >= 11 is 9.53. The number of methoxy groups -OCH3 is 6. The maximum absolute atomic E-state index is 12.6. The number of carbonyl (C=O) groups excluding carboxylic acids is 5. The van der Waals surface area contributed by atoms with Crippen molar-refractivity contribution >= 4 is 64.8 Å². The second kappa shape index (κ2) is 36.4. The molecule has 4 heterocycles. The maximum atomic E-state index is 12.6. The van der Waals surface area contributed by atoms with Crippen LogP contribution in [0.25, 0.3) is 0 Å². The zero-order valence-corrected chi connectivity index (χ0v) is 51.3. The van der Waals surface area contributed by atoms with Crippen LogP contribution in [0.5, 0.6) is 34.5 Å². The number of likely N-dealkylation sites (tertiary alicyclic amines) is 3. The van der Waals surface area contributed by atoms with Gasteiger partial charge in [-0.15, -0.1) is 23.2 Å². The number of alkyl halides is 2. The summed E-state index contributed by atoms with van der Waals surface area (Å²) in [4.78, 5) is 86.3. The van der Waals surface area contributed by atoms with Gasteiger partial charge in [-0.25, -0.2) is 19.2 Å². The van der Waals surface area contributed by atoms with Gasteiger partial charge < -0.3 is 63.2 Å². The second-order valence-corrected chi connectivity index (χ2v) is 21.9. The summed E-state index contributed by atoms with van der Waals surface area (Å²) in [5.74, 6) is -2.70. The fraction of sp³-hybridized carbons (Fsp3) is 0.667. The van der Waals surface area contributed by atoms with Gasteiger partial charge in [-0.2, -0.15) is 0 Å². The number of rotatable bonds is 11. The predicted octanol–water partition coefficient (Wildman–Crippen LogP) is 10.5. The van der Waals surface area contributed by atoms with E-state index in [2.05, 4.69) is 19.2 Å². The molecule has 3 N–H and O–H groups in total. The number of ketones is 2. The van der Waals surface area contributed by atoms with Gasteiger partial charge in [-0.3, -0.25) is 19.3 Å². The Bertz CT molecular complexity index is 2230. The van der Waals surface area contributed by atoms with Crippen molar-refractivity contribution in [1.82, 2.24) is 20.0 Å². The molecule has 4 fully saturated rings. The summed E-state index contributed by atoms with van der Waals surface area (Å²) in [7, 11) is 8.61. The molecule has 0 aromatic heterocycles. The van der Waals surface area contributed by atoms with Crippen LogP contribution in [0.2, 0.25) is 0 Å². The molecular weight excluding hydrogens is 1080 g/mol. The third-order valence-electron chi connectivity index (χ3n) is 12.7. The Kier molecular flexibility index (Phi) is 32.8. The van der Waals surface area contributed by atoms with Crippen LogP contribution in [0.1, 0.15) is 160 Å². The van der Waals surface area contributed by atoms with E-state index in [1.807, 2.05) is 32.6 Å². The highest BCUT2D eigenvalue weighted by molar-refractivity contribution is 6.43. The number of hydrogen-bond donors (Lipinski definition) is 3. The van der Waals surface area contributed by atoms with Crippen LogP contribution in [0.4, 0.5) is 9.59 Å². The van der Waals surface area contributed by atoms with Crippen LogP contribution in [0.3, 0.4) is 0 Å². The fourth-order valence-corrected chi connectivity index (χ4v) is 8.64. The third kappa shape index (κ3) is 24.8. The van der Waals surface area contributed by atoms with E-state index in [1.54, 1.807) is 25.7 Å². The minimum absolute atomic E-state index is 0.0352. The fourth-order valence-electron chi connectivity index (χ4n) is 8.64. The van der Waals surface area contributed by atoms with Gasteiger partial charge in [0.05, 0.1) is 48.0 Å². The molecule has 0 spiro atoms. The molecule has 454 valence electrons. The van der Waals surface area contributed by atoms with Crippen molar-refractivity contribution in [3.05, 3.63) is 35.4 Å². The number of halogens is 2. The second-order valence-electron chi connectivity index (χ2n) is 21.1. The van der Waals surface area contributed by atoms with Gasteiger partial charge in [0, 0.05) is 48.9 Å². The number of piperidine rings is 4. The molecule has 4 aliphatic rings. The van der Waals surface area contributed by atoms with Gasteiger partial charge in [0.15, 0.2) is 23.0 Å². The lowest BCUT2D eigenvalue weighted by Gasteiger charge is -2.34. The van der Waals surface area contributed by atoms with Gasteiger partial charge in [0.2, 0.25) is 11.5 Å². The smallest absolute Gasteiger partial charge is 0.411 e. The third-order valence-corrected chi connectivity index (χ3v) is 12.7. The minimum Gasteiger partial charge on any atom is -0.493 e. The summed E-state index contributed by atoms with van der Waals surface area (Å²) in [6, 6.07) is 6.07. The SMILES string of the molecule is CC(C)(C)OC(=O)N1CCCCC1C(=O)O.COc1cc(C(=O)C(=O)N2CCCC[C@H]2C)cc(OC)c1OC.COc1cc(C(=O)C(=O)O)cc(OC)c1OC.C[C@@H]1CCCCN1.C[C@@H]1CCCCN1C(=O)OC(C)(C)C.ClCCl. The standard InChI is InChI=1S/C17H23NO5.C11H19NO4.C11H21NO2.C11H12O6.C6H13N.CH2Cl2/c1-11-7-5-6-8-18(11)17(20)15(19)12-9-13(21-2)16(23-4)14(10-12)22-3;1-11(2,3)16-10(15)12-7-5-4-6-8(12)9(13)14;1-9-7-5-6-8-12(9)10(13)14-11(2,3)4;1-15-7-4-6(9(12)11(13)14)5-8(16-2)10(7)17-3;1-6-4-2-3-5-7-6;2-1-3/h9-11H,5-8H2,1-4H3;8H,4-7H2,1-3H3,(H,13,14);9H,5-8H2,1-4H3;4-5H,1-3H3,(H,13,14);6-7H,2-5H2,1H3;1H2/t11-;;9-;;6-;/m1.1.1./s1. The Labute approximate surface area is 483 Å². The van der Waals surface area contributed by atoms with Gasteiger partial charge in [-0.1, -0.05) is 6.42 Å². The Hall–Kier alpha value is -5.93. The van der Waals surface area contributed by atoms with E-state index in [0.29, 0.717) is 48.6 Å². The van der Waals surface area contributed by atoms with Crippen LogP contribution in [0.15, 0.2) is 24.3 Å². The summed E-state index contributed by atoms with van der Waals surface area (Å²) in [6.45, 7) is 20.5. The summed E-state index contributed by atoms with van der Waals surface area (Å²) < 4.78 is 41.3. The van der Waals surface area contributed by atoms with Crippen molar-refractivity contribution in [2.24, 2.45) is 0 Å². The van der Waals surface area contributed by atoms with Crippen LogP contribution in [-0.2, 0) is 23.9 Å². The molecule has 4 aliphatic heterocycles. The molecule has 2 aromatic rings. The van der Waals surface area contributed by atoms with E-state index in [0.717, 1.165) is 57.5 Å². The molecule has 2 aromatic carbocycles. The summed E-state index contributed by atoms with van der Waals surface area (Å²) in [5.41, 5.74) is -0.763. The Balaban J connectivity index is 0.000000510. The molecule has 0 aliphatic carbocycles. The molecule has 4 atom stereocenters. The van der Waals surface area contributed by atoms with Gasteiger partial charge in [-0.05, 0) is 164 Å². The lowest BCUT2D eigenvalue weighted by molar-refractivity contribution is -0.144. The van der Waals surface area contributed by atoms with E-state index >= 15 is 0 Å². The number of aliphatic carboxylic acids is 2. The highest BCUT2D eigenvalue weighted by Crippen LogP contribution is 2.39. The zero-order valence-electron chi connectivity index (χ0n) is 49.8. The Morgan fingerprint density at radius 3 is 1.20 bits per heavy atom. The number of nitrogens with one attached hydrogen (secondary N) is 1. The van der Waals surface area contributed by atoms with Gasteiger partial charge in [0.1, 0.15) is 17.2 Å². The molecule has 0 radical (unpaired) electrons. The highest BCUT2D eigenvalue weighted by atomic mass is 35.5. The lowest BCUT2D eigenvalue weighted by Crippen LogP contribution is -2.49. The van der Waals surface area contributed by atoms with E-state index in [1.165, 1.54) is 104 Å². The van der Waals surface area contributed by atoms with E-state index in [-0.39, 0.29) is 45.7 Å². The number of nitrogens with zero attached hydrogens (tertiary/aromatic N) is 3. The quantitative estimate of drug-likeness (QED) is 0.107. The molecule has 1 unspecified atom stereocenters. The molecule has 6 rings (SSSR count). The van der Waals surface area contributed by atoms with Crippen molar-refractivity contribution in [2.75, 3.05) is 74.2 Å². The molecular formula is C57H90Cl2N4O17. The van der Waals surface area contributed by atoms with Crippen LogP contribution < -0.4 is 33.7 Å². The summed E-state index contributed by atoms with van der Waals surface area (Å²) in [6.07, 6.45) is 12.0. The first-order chi connectivity index (χ1) is 37.6. The monoisotopic (exact) mass is 1170 g/mol. The van der Waals surface area contributed by atoms with Crippen LogP contribution >= 0.6 is 23.2 Å². The maximum Gasteiger partial charge on any atom is 0.411 e. The van der Waals surface area contributed by atoms with E-state index < -0.39 is 47.1 Å². The topological polar surface area (TPSA) is 256 Å². The number of Topliss-reactive ketones (excluding diaryl/α,β-unsaturated/α-hetero) is 2. The largest absolute Gasteiger partial charge is 0.493 e. The van der Waals surface area contributed by atoms with Crippen molar-refractivity contribution < 1.29 is 81.7 Å². The zero-order chi connectivity index (χ0) is 60.9. The number of carboxylic acid groups (broad SMARTS) is 2. The molecule has 23 heteroatoms.